The zero-order chi connectivity index (χ0) is 21.6. The van der Waals surface area contributed by atoms with Crippen molar-refractivity contribution in [2.45, 2.75) is 27.3 Å². The second-order valence-corrected chi connectivity index (χ2v) is 6.51. The topological polar surface area (TPSA) is 97.1 Å². The Morgan fingerprint density at radius 1 is 1.10 bits per heavy atom. The second kappa shape index (κ2) is 15.5. The van der Waals surface area contributed by atoms with Gasteiger partial charge in [0.1, 0.15) is 12.4 Å². The third kappa shape index (κ3) is 10.1. The molecule has 0 fully saturated rings. The average Bonchev–Trinajstić information content (AvgIpc) is 3.28. The van der Waals surface area contributed by atoms with Crippen LogP contribution >= 0.6 is 24.0 Å². The maximum absolute atomic E-state index is 11.9. The molecule has 0 aliphatic carbocycles. The number of hydrogen-bond donors (Lipinski definition) is 3. The summed E-state index contributed by atoms with van der Waals surface area (Å²) in [7, 11) is 0. The number of halogens is 1. The molecule has 0 unspecified atom stereocenters. The zero-order valence-corrected chi connectivity index (χ0v) is 20.7. The lowest BCUT2D eigenvalue weighted by Gasteiger charge is -2.14. The summed E-state index contributed by atoms with van der Waals surface area (Å²) >= 11 is 0. The molecule has 8 nitrogen and oxygen atoms in total. The van der Waals surface area contributed by atoms with Gasteiger partial charge in [-0.05, 0) is 44.5 Å². The highest BCUT2D eigenvalue weighted by Gasteiger charge is 2.08. The van der Waals surface area contributed by atoms with E-state index in [2.05, 4.69) is 20.9 Å². The summed E-state index contributed by atoms with van der Waals surface area (Å²) < 4.78 is 16.3. The molecule has 2 aromatic rings. The van der Waals surface area contributed by atoms with Crippen LogP contribution in [-0.4, -0.2) is 51.3 Å². The van der Waals surface area contributed by atoms with Gasteiger partial charge in [0.25, 0.3) is 5.91 Å². The van der Waals surface area contributed by atoms with E-state index in [1.165, 1.54) is 6.26 Å². The van der Waals surface area contributed by atoms with E-state index in [4.69, 9.17) is 13.9 Å². The fourth-order valence-electron chi connectivity index (χ4n) is 2.64. The third-order valence-corrected chi connectivity index (χ3v) is 4.11. The smallest absolute Gasteiger partial charge is 0.287 e. The van der Waals surface area contributed by atoms with Crippen molar-refractivity contribution in [3.05, 3.63) is 53.5 Å². The average molecular weight is 544 g/mol. The van der Waals surface area contributed by atoms with Crippen molar-refractivity contribution < 1.29 is 18.7 Å². The van der Waals surface area contributed by atoms with Crippen molar-refractivity contribution in [1.82, 2.24) is 16.0 Å². The van der Waals surface area contributed by atoms with Gasteiger partial charge in [0.2, 0.25) is 0 Å². The van der Waals surface area contributed by atoms with E-state index in [9.17, 15) is 4.79 Å². The molecule has 1 aromatic heterocycles. The number of aryl methyl sites for hydroxylation is 1. The van der Waals surface area contributed by atoms with E-state index in [1.807, 2.05) is 39.0 Å². The van der Waals surface area contributed by atoms with Gasteiger partial charge in [0.05, 0.1) is 19.4 Å². The molecule has 0 saturated heterocycles. The molecule has 0 aliphatic rings. The first-order valence-corrected chi connectivity index (χ1v) is 10.3. The number of ether oxygens (including phenoxy) is 2. The molecule has 1 heterocycles. The van der Waals surface area contributed by atoms with Crippen LogP contribution in [0.3, 0.4) is 0 Å². The number of guanidine groups is 1. The molecule has 2 rings (SSSR count). The normalized spacial score (nSPS) is 10.9. The van der Waals surface area contributed by atoms with Crippen LogP contribution in [0.4, 0.5) is 0 Å². The number of amides is 1. The number of benzene rings is 1. The van der Waals surface area contributed by atoms with Crippen LogP contribution in [0.2, 0.25) is 0 Å². The van der Waals surface area contributed by atoms with Crippen LogP contribution < -0.4 is 20.7 Å². The molecular weight excluding hydrogens is 511 g/mol. The quantitative estimate of drug-likeness (QED) is 0.165. The fraction of sp³-hybridized carbons (Fsp3) is 0.455. The van der Waals surface area contributed by atoms with Crippen LogP contribution in [-0.2, 0) is 11.3 Å². The van der Waals surface area contributed by atoms with Crippen molar-refractivity contribution in [2.24, 2.45) is 4.99 Å². The Balaban J connectivity index is 0.00000480. The van der Waals surface area contributed by atoms with E-state index in [0.29, 0.717) is 51.2 Å². The number of nitrogens with zero attached hydrogens (tertiary/aromatic N) is 1. The summed E-state index contributed by atoms with van der Waals surface area (Å²) in [4.78, 5) is 16.5. The Labute approximate surface area is 201 Å². The highest BCUT2D eigenvalue weighted by atomic mass is 127. The minimum absolute atomic E-state index is 0. The van der Waals surface area contributed by atoms with Crippen molar-refractivity contribution in [1.29, 1.82) is 0 Å². The Kier molecular flexibility index (Phi) is 13.4. The molecule has 0 saturated carbocycles. The molecule has 31 heavy (non-hydrogen) atoms. The number of rotatable bonds is 12. The minimum atomic E-state index is -0.239. The summed E-state index contributed by atoms with van der Waals surface area (Å²) in [6.45, 7) is 9.91. The molecule has 1 amide bonds. The van der Waals surface area contributed by atoms with E-state index in [0.717, 1.165) is 23.4 Å². The van der Waals surface area contributed by atoms with Crippen LogP contribution in [0.5, 0.6) is 5.75 Å². The molecule has 0 spiro atoms. The maximum Gasteiger partial charge on any atom is 0.287 e. The van der Waals surface area contributed by atoms with Crippen LogP contribution in [0, 0.1) is 6.92 Å². The number of aliphatic imine (C=N–C) groups is 1. The highest BCUT2D eigenvalue weighted by molar-refractivity contribution is 14.0. The second-order valence-electron chi connectivity index (χ2n) is 6.51. The Hall–Kier alpha value is -2.27. The third-order valence-electron chi connectivity index (χ3n) is 4.11. The fourth-order valence-corrected chi connectivity index (χ4v) is 2.64. The van der Waals surface area contributed by atoms with Gasteiger partial charge in [0.15, 0.2) is 11.7 Å². The first-order valence-electron chi connectivity index (χ1n) is 10.3. The van der Waals surface area contributed by atoms with Gasteiger partial charge in [-0.2, -0.15) is 0 Å². The van der Waals surface area contributed by atoms with Crippen molar-refractivity contribution in [3.8, 4) is 5.75 Å². The minimum Gasteiger partial charge on any atom is -0.491 e. The summed E-state index contributed by atoms with van der Waals surface area (Å²) in [5.74, 6) is 1.55. The van der Waals surface area contributed by atoms with Crippen molar-refractivity contribution in [3.63, 3.8) is 0 Å². The Morgan fingerprint density at radius 3 is 2.61 bits per heavy atom. The number of furan rings is 1. The molecule has 0 aliphatic heterocycles. The molecule has 0 bridgehead atoms. The summed E-state index contributed by atoms with van der Waals surface area (Å²) in [5.41, 5.74) is 2.13. The number of carbonyl (C=O) groups is 1. The molecule has 172 valence electrons. The van der Waals surface area contributed by atoms with Gasteiger partial charge >= 0.3 is 0 Å². The standard InChI is InChI=1S/C22H32N4O4.HI/c1-4-23-22(25-11-10-24-21(27)19-7-6-12-29-19)26-16-18-9-8-17(3)15-20(18)30-14-13-28-5-2;/h6-9,12,15H,4-5,10-11,13-14,16H2,1-3H3,(H,24,27)(H2,23,25,26);1H. The van der Waals surface area contributed by atoms with Gasteiger partial charge in [-0.1, -0.05) is 12.1 Å². The summed E-state index contributed by atoms with van der Waals surface area (Å²) in [6.07, 6.45) is 1.48. The first-order chi connectivity index (χ1) is 14.6. The van der Waals surface area contributed by atoms with Gasteiger partial charge in [-0.3, -0.25) is 4.79 Å². The van der Waals surface area contributed by atoms with Crippen LogP contribution in [0.25, 0.3) is 0 Å². The van der Waals surface area contributed by atoms with Gasteiger partial charge < -0.3 is 29.8 Å². The lowest BCUT2D eigenvalue weighted by atomic mass is 10.1. The molecule has 0 radical (unpaired) electrons. The van der Waals surface area contributed by atoms with Crippen LogP contribution in [0.1, 0.15) is 35.5 Å². The van der Waals surface area contributed by atoms with Crippen molar-refractivity contribution in [2.75, 3.05) is 39.5 Å². The largest absolute Gasteiger partial charge is 0.491 e. The highest BCUT2D eigenvalue weighted by Crippen LogP contribution is 2.21. The molecular formula is C22H33IN4O4. The van der Waals surface area contributed by atoms with E-state index in [1.54, 1.807) is 12.1 Å². The monoisotopic (exact) mass is 544 g/mol. The zero-order valence-electron chi connectivity index (χ0n) is 18.4. The van der Waals surface area contributed by atoms with E-state index < -0.39 is 0 Å². The SMILES string of the molecule is CCNC(=NCc1ccc(C)cc1OCCOCC)NCCNC(=O)c1ccco1.I. The summed E-state index contributed by atoms with van der Waals surface area (Å²) in [6, 6.07) is 9.40. The number of hydrogen-bond acceptors (Lipinski definition) is 5. The Bertz CT molecular complexity index is 797. The lowest BCUT2D eigenvalue weighted by Crippen LogP contribution is -2.41. The number of carbonyl (C=O) groups excluding carboxylic acids is 1. The van der Waals surface area contributed by atoms with Gasteiger partial charge in [-0.25, -0.2) is 4.99 Å². The predicted octanol–water partition coefficient (Wildman–Crippen LogP) is 3.11. The number of nitrogens with one attached hydrogen (secondary N) is 3. The van der Waals surface area contributed by atoms with Gasteiger partial charge in [0, 0.05) is 31.8 Å². The molecule has 0 atom stereocenters. The van der Waals surface area contributed by atoms with Crippen LogP contribution in [0.15, 0.2) is 46.0 Å². The molecule has 3 N–H and O–H groups in total. The molecule has 9 heteroatoms. The van der Waals surface area contributed by atoms with E-state index >= 15 is 0 Å². The van der Waals surface area contributed by atoms with Gasteiger partial charge in [-0.15, -0.1) is 24.0 Å². The summed E-state index contributed by atoms with van der Waals surface area (Å²) in [5, 5.41) is 9.22. The predicted molar refractivity (Wildman–Crippen MR) is 132 cm³/mol. The van der Waals surface area contributed by atoms with Crippen molar-refractivity contribution >= 4 is 35.8 Å². The first kappa shape index (κ1) is 26.8. The maximum atomic E-state index is 11.9. The van der Waals surface area contributed by atoms with E-state index in [-0.39, 0.29) is 29.9 Å². The lowest BCUT2D eigenvalue weighted by molar-refractivity contribution is 0.0926. The Morgan fingerprint density at radius 2 is 1.90 bits per heavy atom. The molecule has 1 aromatic carbocycles.